The van der Waals surface area contributed by atoms with Gasteiger partial charge in [-0.2, -0.15) is 0 Å². The maximum Gasteiger partial charge on any atom is 0.427 e. The van der Waals surface area contributed by atoms with Crippen LogP contribution in [0.15, 0.2) is 0 Å². The predicted octanol–water partition coefficient (Wildman–Crippen LogP) is 1.75. The van der Waals surface area contributed by atoms with Crippen LogP contribution in [0.3, 0.4) is 0 Å². The van der Waals surface area contributed by atoms with Crippen molar-refractivity contribution in [1.82, 2.24) is 5.01 Å². The fourth-order valence-electron chi connectivity index (χ4n) is 1.84. The highest BCUT2D eigenvalue weighted by atomic mass is 16.6. The van der Waals surface area contributed by atoms with Crippen molar-refractivity contribution in [2.45, 2.75) is 64.2 Å². The van der Waals surface area contributed by atoms with Crippen LogP contribution >= 0.6 is 0 Å². The summed E-state index contributed by atoms with van der Waals surface area (Å²) in [5, 5.41) is 11.1. The number of hydrogen-bond acceptors (Lipinski definition) is 4. The molecule has 0 aliphatic heterocycles. The van der Waals surface area contributed by atoms with Gasteiger partial charge in [-0.3, -0.25) is 0 Å². The van der Waals surface area contributed by atoms with E-state index in [-0.39, 0.29) is 0 Å². The van der Waals surface area contributed by atoms with Gasteiger partial charge in [0, 0.05) is 0 Å². The van der Waals surface area contributed by atoms with Crippen molar-refractivity contribution in [1.29, 1.82) is 0 Å². The number of rotatable bonds is 1. The lowest BCUT2D eigenvalue weighted by atomic mass is 9.91. The molecule has 5 nitrogen and oxygen atoms in total. The third-order valence-electron chi connectivity index (χ3n) is 2.69. The van der Waals surface area contributed by atoms with Gasteiger partial charge in [-0.05, 0) is 46.5 Å². The molecule has 0 heterocycles. The number of carbonyl (C=O) groups is 1. The van der Waals surface area contributed by atoms with E-state index in [4.69, 9.17) is 10.6 Å². The third-order valence-corrected chi connectivity index (χ3v) is 2.69. The molecule has 5 heteroatoms. The van der Waals surface area contributed by atoms with Gasteiger partial charge in [0.05, 0.1) is 0 Å². The topological polar surface area (TPSA) is 75.8 Å². The quantitative estimate of drug-likeness (QED) is 0.311. The molecule has 0 spiro atoms. The third kappa shape index (κ3) is 3.35. The predicted molar refractivity (Wildman–Crippen MR) is 60.3 cm³/mol. The van der Waals surface area contributed by atoms with E-state index < -0.39 is 17.4 Å². The van der Waals surface area contributed by atoms with Crippen LogP contribution in [-0.2, 0) is 4.74 Å². The van der Waals surface area contributed by atoms with E-state index in [2.05, 4.69) is 0 Å². The molecule has 0 aromatic carbocycles. The first-order valence-corrected chi connectivity index (χ1v) is 5.75. The summed E-state index contributed by atoms with van der Waals surface area (Å²) in [6.45, 7) is 5.30. The monoisotopic (exact) mass is 230 g/mol. The molecule has 0 saturated heterocycles. The molecule has 0 radical (unpaired) electrons. The van der Waals surface area contributed by atoms with Gasteiger partial charge < -0.3 is 9.84 Å². The summed E-state index contributed by atoms with van der Waals surface area (Å²) in [6, 6.07) is 0. The number of nitrogens with two attached hydrogens (primary N) is 1. The van der Waals surface area contributed by atoms with Gasteiger partial charge >= 0.3 is 6.09 Å². The lowest BCUT2D eigenvalue weighted by Gasteiger charge is -2.39. The average molecular weight is 230 g/mol. The Labute approximate surface area is 96.5 Å². The van der Waals surface area contributed by atoms with Crippen LogP contribution in [0, 0.1) is 0 Å². The van der Waals surface area contributed by atoms with Crippen LogP contribution in [0.1, 0.15) is 52.9 Å². The number of amides is 1. The highest BCUT2D eigenvalue weighted by Crippen LogP contribution is 2.30. The number of ether oxygens (including phenoxy) is 1. The molecule has 1 aliphatic carbocycles. The second-order valence-corrected chi connectivity index (χ2v) is 5.39. The Morgan fingerprint density at radius 1 is 1.31 bits per heavy atom. The Morgan fingerprint density at radius 3 is 2.25 bits per heavy atom. The number of hydrogen-bond donors (Lipinski definition) is 2. The van der Waals surface area contributed by atoms with Crippen molar-refractivity contribution in [2.24, 2.45) is 5.84 Å². The van der Waals surface area contributed by atoms with Gasteiger partial charge in [0.15, 0.2) is 5.72 Å². The molecule has 0 unspecified atom stereocenters. The first-order valence-electron chi connectivity index (χ1n) is 5.75. The largest absolute Gasteiger partial charge is 0.443 e. The molecule has 0 aromatic heterocycles. The molecular formula is C11H22N2O3. The van der Waals surface area contributed by atoms with E-state index in [0.29, 0.717) is 12.8 Å². The number of hydrazine groups is 1. The highest BCUT2D eigenvalue weighted by Gasteiger charge is 2.39. The van der Waals surface area contributed by atoms with Gasteiger partial charge in [0.2, 0.25) is 0 Å². The zero-order valence-electron chi connectivity index (χ0n) is 10.3. The molecule has 0 atom stereocenters. The maximum absolute atomic E-state index is 11.7. The van der Waals surface area contributed by atoms with Crippen molar-refractivity contribution < 1.29 is 14.6 Å². The molecular weight excluding hydrogens is 208 g/mol. The number of aliphatic hydroxyl groups is 1. The number of nitrogens with zero attached hydrogens (tertiary/aromatic N) is 1. The van der Waals surface area contributed by atoms with Crippen molar-refractivity contribution in [2.75, 3.05) is 0 Å². The van der Waals surface area contributed by atoms with Crippen molar-refractivity contribution in [3.8, 4) is 0 Å². The van der Waals surface area contributed by atoms with E-state index >= 15 is 0 Å². The molecule has 3 N–H and O–H groups in total. The minimum atomic E-state index is -1.24. The van der Waals surface area contributed by atoms with Gasteiger partial charge in [-0.25, -0.2) is 15.6 Å². The van der Waals surface area contributed by atoms with Crippen LogP contribution < -0.4 is 5.84 Å². The fourth-order valence-corrected chi connectivity index (χ4v) is 1.84. The summed E-state index contributed by atoms with van der Waals surface area (Å²) in [7, 11) is 0. The minimum Gasteiger partial charge on any atom is -0.443 e. The van der Waals surface area contributed by atoms with Crippen LogP contribution in [0.4, 0.5) is 4.79 Å². The smallest absolute Gasteiger partial charge is 0.427 e. The SMILES string of the molecule is CC(C)(C)OC(=O)N(N)C1(O)CCCCC1. The van der Waals surface area contributed by atoms with Crippen LogP contribution in [-0.4, -0.2) is 27.5 Å². The first kappa shape index (κ1) is 13.3. The Hall–Kier alpha value is -0.810. The Balaban J connectivity index is 2.61. The van der Waals surface area contributed by atoms with Gasteiger partial charge in [0.1, 0.15) is 5.60 Å². The van der Waals surface area contributed by atoms with E-state index in [1.54, 1.807) is 20.8 Å². The Bertz CT molecular complexity index is 254. The molecule has 1 rings (SSSR count). The molecule has 1 amide bonds. The van der Waals surface area contributed by atoms with Gasteiger partial charge in [-0.15, -0.1) is 0 Å². The van der Waals surface area contributed by atoms with Crippen LogP contribution in [0.5, 0.6) is 0 Å². The van der Waals surface area contributed by atoms with Crippen molar-refractivity contribution in [3.05, 3.63) is 0 Å². The zero-order chi connectivity index (χ0) is 12.4. The van der Waals surface area contributed by atoms with E-state index in [9.17, 15) is 9.90 Å². The maximum atomic E-state index is 11.7. The average Bonchev–Trinajstić information content (AvgIpc) is 2.15. The summed E-state index contributed by atoms with van der Waals surface area (Å²) >= 11 is 0. The Kier molecular flexibility index (Phi) is 3.80. The molecule has 1 aliphatic rings. The van der Waals surface area contributed by atoms with Gasteiger partial charge in [0.25, 0.3) is 0 Å². The van der Waals surface area contributed by atoms with E-state index in [1.807, 2.05) is 0 Å². The van der Waals surface area contributed by atoms with Crippen molar-refractivity contribution in [3.63, 3.8) is 0 Å². The van der Waals surface area contributed by atoms with Gasteiger partial charge in [-0.1, -0.05) is 6.42 Å². The van der Waals surface area contributed by atoms with E-state index in [1.165, 1.54) is 0 Å². The molecule has 94 valence electrons. The molecule has 1 fully saturated rings. The van der Waals surface area contributed by atoms with Crippen molar-refractivity contribution >= 4 is 6.09 Å². The zero-order valence-corrected chi connectivity index (χ0v) is 10.3. The molecule has 1 saturated carbocycles. The summed E-state index contributed by atoms with van der Waals surface area (Å²) in [5.41, 5.74) is -1.83. The molecule has 16 heavy (non-hydrogen) atoms. The molecule has 0 aromatic rings. The summed E-state index contributed by atoms with van der Waals surface area (Å²) in [4.78, 5) is 11.7. The summed E-state index contributed by atoms with van der Waals surface area (Å²) in [5.74, 6) is 5.64. The second-order valence-electron chi connectivity index (χ2n) is 5.39. The van der Waals surface area contributed by atoms with Crippen LogP contribution in [0.25, 0.3) is 0 Å². The van der Waals surface area contributed by atoms with E-state index in [0.717, 1.165) is 24.3 Å². The standard InChI is InChI=1S/C11H22N2O3/c1-10(2,3)16-9(14)13(12)11(15)7-5-4-6-8-11/h15H,4-8,12H2,1-3H3. The lowest BCUT2D eigenvalue weighted by molar-refractivity contribution is -0.128. The second kappa shape index (κ2) is 4.59. The normalized spacial score (nSPS) is 20.3. The lowest BCUT2D eigenvalue weighted by Crippen LogP contribution is -2.57. The fraction of sp³-hybridized carbons (Fsp3) is 0.909. The summed E-state index contributed by atoms with van der Waals surface area (Å²) in [6.07, 6.45) is 3.20. The van der Waals surface area contributed by atoms with Crippen LogP contribution in [0.2, 0.25) is 0 Å². The first-order chi connectivity index (χ1) is 7.25. The summed E-state index contributed by atoms with van der Waals surface area (Å²) < 4.78 is 5.12. The highest BCUT2D eigenvalue weighted by molar-refractivity contribution is 5.68. The number of carbonyl (C=O) groups excluding carboxylic acids is 1. The minimum absolute atomic E-state index is 0.517. The Morgan fingerprint density at radius 2 is 1.81 bits per heavy atom. The molecule has 0 bridgehead atoms.